The van der Waals surface area contributed by atoms with Crippen molar-refractivity contribution >= 4 is 5.91 Å². The number of hydrogen-bond donors (Lipinski definition) is 0. The van der Waals surface area contributed by atoms with Crippen LogP contribution in [0.3, 0.4) is 0 Å². The Bertz CT molecular complexity index is 309. The molecule has 5 heteroatoms. The fraction of sp³-hybridized carbons (Fsp3) is 0.938. The van der Waals surface area contributed by atoms with Crippen LogP contribution in [-0.4, -0.2) is 85.7 Å². The molecule has 122 valence electrons. The molecule has 2 aliphatic rings. The van der Waals surface area contributed by atoms with Crippen molar-refractivity contribution in [2.75, 3.05) is 59.0 Å². The summed E-state index contributed by atoms with van der Waals surface area (Å²) in [6.07, 6.45) is 3.94. The molecule has 2 aliphatic heterocycles. The quantitative estimate of drug-likeness (QED) is 0.734. The van der Waals surface area contributed by atoms with Crippen molar-refractivity contribution in [1.29, 1.82) is 0 Å². The average molecular weight is 297 g/mol. The van der Waals surface area contributed by atoms with Crippen molar-refractivity contribution in [2.45, 2.75) is 39.2 Å². The minimum atomic E-state index is 0.313. The van der Waals surface area contributed by atoms with Gasteiger partial charge in [-0.2, -0.15) is 0 Å². The van der Waals surface area contributed by atoms with Crippen molar-refractivity contribution in [1.82, 2.24) is 14.7 Å². The zero-order valence-electron chi connectivity index (χ0n) is 13.7. The van der Waals surface area contributed by atoms with E-state index in [1.165, 1.54) is 19.3 Å². The van der Waals surface area contributed by atoms with Crippen LogP contribution in [0.1, 0.15) is 33.1 Å². The second kappa shape index (κ2) is 8.71. The first kappa shape index (κ1) is 16.7. The third kappa shape index (κ3) is 5.93. The molecule has 0 atom stereocenters. The molecule has 2 rings (SSSR count). The smallest absolute Gasteiger partial charge is 0.236 e. The Morgan fingerprint density at radius 3 is 2.19 bits per heavy atom. The highest BCUT2D eigenvalue weighted by Gasteiger charge is 2.22. The van der Waals surface area contributed by atoms with Gasteiger partial charge in [-0.25, -0.2) is 0 Å². The molecule has 0 aromatic rings. The van der Waals surface area contributed by atoms with Gasteiger partial charge in [-0.1, -0.05) is 0 Å². The molecule has 0 spiro atoms. The van der Waals surface area contributed by atoms with Gasteiger partial charge in [0.05, 0.1) is 19.3 Å². The lowest BCUT2D eigenvalue weighted by Gasteiger charge is -2.36. The Balaban J connectivity index is 1.61. The molecule has 0 aromatic heterocycles. The van der Waals surface area contributed by atoms with E-state index >= 15 is 0 Å². The average Bonchev–Trinajstić information content (AvgIpc) is 2.49. The summed E-state index contributed by atoms with van der Waals surface area (Å²) in [5.74, 6) is 0.325. The molecule has 21 heavy (non-hydrogen) atoms. The number of carbonyl (C=O) groups is 1. The summed E-state index contributed by atoms with van der Waals surface area (Å²) >= 11 is 0. The van der Waals surface area contributed by atoms with E-state index in [4.69, 9.17) is 4.74 Å². The summed E-state index contributed by atoms with van der Waals surface area (Å²) in [6.45, 7) is 12.6. The molecule has 0 unspecified atom stereocenters. The summed E-state index contributed by atoms with van der Waals surface area (Å²) in [5.41, 5.74) is 0. The van der Waals surface area contributed by atoms with Crippen LogP contribution in [0, 0.1) is 0 Å². The number of ether oxygens (including phenoxy) is 1. The summed E-state index contributed by atoms with van der Waals surface area (Å²) in [4.78, 5) is 19.0. The van der Waals surface area contributed by atoms with Crippen LogP contribution in [0.4, 0.5) is 0 Å². The normalized spacial score (nSPS) is 22.0. The fourth-order valence-corrected chi connectivity index (χ4v) is 3.02. The number of rotatable bonds is 6. The maximum Gasteiger partial charge on any atom is 0.236 e. The van der Waals surface area contributed by atoms with Gasteiger partial charge in [0.2, 0.25) is 5.91 Å². The molecule has 1 amide bonds. The number of amides is 1. The molecule has 0 N–H and O–H groups in total. The van der Waals surface area contributed by atoms with Crippen LogP contribution >= 0.6 is 0 Å². The minimum Gasteiger partial charge on any atom is -0.377 e. The molecule has 5 nitrogen and oxygen atoms in total. The van der Waals surface area contributed by atoms with Gasteiger partial charge in [-0.05, 0) is 33.1 Å². The molecular weight excluding hydrogens is 266 g/mol. The van der Waals surface area contributed by atoms with Crippen LogP contribution < -0.4 is 0 Å². The number of hydrogen-bond acceptors (Lipinski definition) is 4. The van der Waals surface area contributed by atoms with Gasteiger partial charge < -0.3 is 9.64 Å². The number of piperidine rings is 1. The van der Waals surface area contributed by atoms with Crippen LogP contribution in [-0.2, 0) is 9.53 Å². The van der Waals surface area contributed by atoms with Crippen molar-refractivity contribution in [3.05, 3.63) is 0 Å². The highest BCUT2D eigenvalue weighted by Crippen LogP contribution is 2.10. The highest BCUT2D eigenvalue weighted by atomic mass is 16.5. The molecule has 2 heterocycles. The second-order valence-electron chi connectivity index (χ2n) is 6.48. The maximum absolute atomic E-state index is 12.2. The molecule has 2 fully saturated rings. The van der Waals surface area contributed by atoms with Crippen molar-refractivity contribution < 1.29 is 9.53 Å². The molecule has 0 aromatic carbocycles. The molecule has 0 aliphatic carbocycles. The van der Waals surface area contributed by atoms with Gasteiger partial charge in [-0.15, -0.1) is 0 Å². The van der Waals surface area contributed by atoms with E-state index in [0.29, 0.717) is 18.6 Å². The Hall–Kier alpha value is -0.650. The minimum absolute atomic E-state index is 0.313. The lowest BCUT2D eigenvalue weighted by Crippen LogP contribution is -2.51. The van der Waals surface area contributed by atoms with Crippen LogP contribution in [0.2, 0.25) is 0 Å². The standard InChI is InChI=1S/C16H31N3O2/c1-15(2)21-13-12-17-8-10-18(11-9-17)14-16(20)19-6-4-3-5-7-19/h15H,3-14H2,1-2H3. The lowest BCUT2D eigenvalue weighted by atomic mass is 10.1. The Kier molecular flexibility index (Phi) is 6.93. The molecule has 2 saturated heterocycles. The van der Waals surface area contributed by atoms with Crippen molar-refractivity contribution in [3.63, 3.8) is 0 Å². The van der Waals surface area contributed by atoms with Crippen molar-refractivity contribution in [3.8, 4) is 0 Å². The predicted octanol–water partition coefficient (Wildman–Crippen LogP) is 1.04. The predicted molar refractivity (Wildman–Crippen MR) is 84.4 cm³/mol. The number of carbonyl (C=O) groups excluding carboxylic acids is 1. The highest BCUT2D eigenvalue weighted by molar-refractivity contribution is 5.78. The third-order valence-electron chi connectivity index (χ3n) is 4.39. The van der Waals surface area contributed by atoms with Crippen LogP contribution in [0.5, 0.6) is 0 Å². The van der Waals surface area contributed by atoms with Gasteiger partial charge in [0.25, 0.3) is 0 Å². The van der Waals surface area contributed by atoms with Crippen LogP contribution in [0.15, 0.2) is 0 Å². The molecule has 0 radical (unpaired) electrons. The lowest BCUT2D eigenvalue weighted by molar-refractivity contribution is -0.133. The van der Waals surface area contributed by atoms with Crippen molar-refractivity contribution in [2.24, 2.45) is 0 Å². The molecule has 0 bridgehead atoms. The molecule has 0 saturated carbocycles. The van der Waals surface area contributed by atoms with E-state index in [0.717, 1.165) is 52.4 Å². The zero-order valence-corrected chi connectivity index (χ0v) is 13.7. The first-order valence-electron chi connectivity index (χ1n) is 8.49. The van der Waals surface area contributed by atoms with Gasteiger partial charge >= 0.3 is 0 Å². The van der Waals surface area contributed by atoms with Gasteiger partial charge in [0.15, 0.2) is 0 Å². The van der Waals surface area contributed by atoms with E-state index in [-0.39, 0.29) is 0 Å². The van der Waals surface area contributed by atoms with Gasteiger partial charge in [0.1, 0.15) is 0 Å². The van der Waals surface area contributed by atoms with E-state index in [1.807, 2.05) is 4.90 Å². The third-order valence-corrected chi connectivity index (χ3v) is 4.39. The van der Waals surface area contributed by atoms with Crippen LogP contribution in [0.25, 0.3) is 0 Å². The number of likely N-dealkylation sites (tertiary alicyclic amines) is 1. The Labute approximate surface area is 129 Å². The SMILES string of the molecule is CC(C)OCCN1CCN(CC(=O)N2CCCCC2)CC1. The monoisotopic (exact) mass is 297 g/mol. The van der Waals surface area contributed by atoms with Gasteiger partial charge in [-0.3, -0.25) is 14.6 Å². The zero-order chi connectivity index (χ0) is 15.1. The summed E-state index contributed by atoms with van der Waals surface area (Å²) in [7, 11) is 0. The Morgan fingerprint density at radius 1 is 0.952 bits per heavy atom. The van der Waals surface area contributed by atoms with E-state index in [1.54, 1.807) is 0 Å². The van der Waals surface area contributed by atoms with E-state index in [9.17, 15) is 4.79 Å². The Morgan fingerprint density at radius 2 is 1.57 bits per heavy atom. The number of piperazine rings is 1. The first-order valence-corrected chi connectivity index (χ1v) is 8.49. The largest absolute Gasteiger partial charge is 0.377 e. The van der Waals surface area contributed by atoms with E-state index in [2.05, 4.69) is 23.6 Å². The molecular formula is C16H31N3O2. The first-order chi connectivity index (χ1) is 10.1. The maximum atomic E-state index is 12.2. The fourth-order valence-electron chi connectivity index (χ4n) is 3.02. The summed E-state index contributed by atoms with van der Waals surface area (Å²) in [5, 5.41) is 0. The topological polar surface area (TPSA) is 36.0 Å². The van der Waals surface area contributed by atoms with E-state index < -0.39 is 0 Å². The summed E-state index contributed by atoms with van der Waals surface area (Å²) in [6, 6.07) is 0. The number of nitrogens with zero attached hydrogens (tertiary/aromatic N) is 3. The second-order valence-corrected chi connectivity index (χ2v) is 6.48. The summed E-state index contributed by atoms with van der Waals surface area (Å²) < 4.78 is 5.60. The van der Waals surface area contributed by atoms with Gasteiger partial charge in [0, 0.05) is 45.8 Å².